The van der Waals surface area contributed by atoms with E-state index in [1.807, 2.05) is 0 Å². The Morgan fingerprint density at radius 2 is 1.46 bits per heavy atom. The van der Waals surface area contributed by atoms with Crippen molar-refractivity contribution in [1.29, 1.82) is 5.26 Å². The Kier molecular flexibility index (Phi) is 7.65. The Bertz CT molecular complexity index is 679. The molecule has 2 aliphatic carbocycles. The van der Waals surface area contributed by atoms with E-state index in [0.29, 0.717) is 11.5 Å². The van der Waals surface area contributed by atoms with Gasteiger partial charge in [-0.15, -0.1) is 0 Å². The lowest BCUT2D eigenvalue weighted by Crippen LogP contribution is -2.15. The van der Waals surface area contributed by atoms with Crippen LogP contribution in [0.2, 0.25) is 0 Å². The minimum atomic E-state index is -0.728. The topological polar surface area (TPSA) is 23.8 Å². The van der Waals surface area contributed by atoms with Crippen molar-refractivity contribution in [2.45, 2.75) is 83.5 Å². The third kappa shape index (κ3) is 5.43. The van der Waals surface area contributed by atoms with Crippen LogP contribution in [0.5, 0.6) is 0 Å². The number of nitriles is 1. The van der Waals surface area contributed by atoms with Gasteiger partial charge in [-0.3, -0.25) is 0 Å². The summed E-state index contributed by atoms with van der Waals surface area (Å²) in [5.74, 6) is 1.05. The molecule has 1 aromatic rings. The summed E-state index contributed by atoms with van der Waals surface area (Å²) in [7, 11) is 0. The van der Waals surface area contributed by atoms with E-state index in [1.54, 1.807) is 6.07 Å². The molecule has 0 spiro atoms. The summed E-state index contributed by atoms with van der Waals surface area (Å²) < 4.78 is 27.8. The van der Waals surface area contributed by atoms with E-state index < -0.39 is 17.2 Å². The Labute approximate surface area is 168 Å². The molecule has 0 amide bonds. The summed E-state index contributed by atoms with van der Waals surface area (Å²) in [5, 5.41) is 8.82. The summed E-state index contributed by atoms with van der Waals surface area (Å²) in [4.78, 5) is 0. The van der Waals surface area contributed by atoms with Crippen LogP contribution in [0.1, 0.15) is 94.6 Å². The summed E-state index contributed by atoms with van der Waals surface area (Å²) in [6.07, 6.45) is 18.5. The van der Waals surface area contributed by atoms with Crippen LogP contribution in [-0.4, -0.2) is 0 Å². The van der Waals surface area contributed by atoms with Crippen LogP contribution >= 0.6 is 0 Å². The van der Waals surface area contributed by atoms with Crippen molar-refractivity contribution in [3.63, 3.8) is 0 Å². The highest BCUT2D eigenvalue weighted by atomic mass is 19.1. The predicted octanol–water partition coefficient (Wildman–Crippen LogP) is 7.66. The molecule has 0 aromatic heterocycles. The number of hydrogen-bond donors (Lipinski definition) is 0. The molecule has 0 heterocycles. The second-order valence-corrected chi connectivity index (χ2v) is 8.89. The van der Waals surface area contributed by atoms with Crippen LogP contribution in [0.3, 0.4) is 0 Å². The van der Waals surface area contributed by atoms with Gasteiger partial charge < -0.3 is 0 Å². The summed E-state index contributed by atoms with van der Waals surface area (Å²) in [6.45, 7) is 2.28. The van der Waals surface area contributed by atoms with Crippen LogP contribution in [0, 0.1) is 40.7 Å². The molecule has 2 fully saturated rings. The molecule has 0 radical (unpaired) electrons. The summed E-state index contributed by atoms with van der Waals surface area (Å²) in [5.41, 5.74) is 0.242. The number of benzene rings is 1. The smallest absolute Gasteiger partial charge is 0.144 e. The van der Waals surface area contributed by atoms with Crippen molar-refractivity contribution in [2.75, 3.05) is 0 Å². The molecule has 0 unspecified atom stereocenters. The van der Waals surface area contributed by atoms with E-state index in [4.69, 9.17) is 5.26 Å². The fraction of sp³-hybridized carbons (Fsp3) is 0.640. The first-order chi connectivity index (χ1) is 13.6. The maximum Gasteiger partial charge on any atom is 0.144 e. The van der Waals surface area contributed by atoms with Crippen molar-refractivity contribution in [3.8, 4) is 6.07 Å². The van der Waals surface area contributed by atoms with Gasteiger partial charge in [-0.2, -0.15) is 5.26 Å². The van der Waals surface area contributed by atoms with Crippen molar-refractivity contribution in [2.24, 2.45) is 17.8 Å². The van der Waals surface area contributed by atoms with E-state index in [0.717, 1.165) is 37.5 Å². The van der Waals surface area contributed by atoms with Crippen LogP contribution in [0.4, 0.5) is 8.78 Å². The van der Waals surface area contributed by atoms with Crippen LogP contribution in [-0.2, 0) is 0 Å². The molecule has 2 saturated carbocycles. The molecule has 0 N–H and O–H groups in total. The molecule has 1 aromatic carbocycles. The van der Waals surface area contributed by atoms with Crippen molar-refractivity contribution < 1.29 is 8.78 Å². The lowest BCUT2D eigenvalue weighted by Gasteiger charge is -2.29. The molecule has 0 aliphatic heterocycles. The molecule has 0 saturated heterocycles. The first kappa shape index (κ1) is 21.0. The van der Waals surface area contributed by atoms with Gasteiger partial charge in [-0.25, -0.2) is 8.78 Å². The summed E-state index contributed by atoms with van der Waals surface area (Å²) in [6, 6.07) is 4.32. The van der Waals surface area contributed by atoms with E-state index >= 15 is 0 Å². The Morgan fingerprint density at radius 1 is 0.929 bits per heavy atom. The molecule has 0 bridgehead atoms. The maximum atomic E-state index is 13.9. The Morgan fingerprint density at radius 3 is 1.96 bits per heavy atom. The molecule has 2 aliphatic rings. The van der Waals surface area contributed by atoms with Crippen molar-refractivity contribution >= 4 is 0 Å². The SMILES string of the molecule is CCCC[C@H]1CC[C@H](/C=C/[C@H]2CC[C@H](c3cc(F)c(C#N)c(F)c3)CC2)CC1. The molecular formula is C25H33F2N. The molecule has 1 nitrogen and oxygen atoms in total. The monoisotopic (exact) mass is 385 g/mol. The first-order valence-electron chi connectivity index (χ1n) is 11.2. The largest absolute Gasteiger partial charge is 0.205 e. The van der Waals surface area contributed by atoms with Gasteiger partial charge >= 0.3 is 0 Å². The third-order valence-electron chi connectivity index (χ3n) is 6.93. The maximum absolute atomic E-state index is 13.9. The van der Waals surface area contributed by atoms with E-state index in [2.05, 4.69) is 19.1 Å². The van der Waals surface area contributed by atoms with Gasteiger partial charge in [0.05, 0.1) is 0 Å². The Balaban J connectivity index is 1.46. The van der Waals surface area contributed by atoms with E-state index in [1.165, 1.54) is 57.1 Å². The second-order valence-electron chi connectivity index (χ2n) is 8.89. The number of rotatable bonds is 6. The molecule has 3 heteroatoms. The second kappa shape index (κ2) is 10.2. The quantitative estimate of drug-likeness (QED) is 0.461. The number of allylic oxidation sites excluding steroid dienone is 2. The average Bonchev–Trinajstić information content (AvgIpc) is 2.71. The van der Waals surface area contributed by atoms with Crippen molar-refractivity contribution in [3.05, 3.63) is 47.0 Å². The van der Waals surface area contributed by atoms with Gasteiger partial charge in [-0.05, 0) is 92.7 Å². The average molecular weight is 386 g/mol. The predicted molar refractivity (Wildman–Crippen MR) is 110 cm³/mol. The highest BCUT2D eigenvalue weighted by Crippen LogP contribution is 2.38. The first-order valence-corrected chi connectivity index (χ1v) is 11.2. The van der Waals surface area contributed by atoms with Gasteiger partial charge in [0, 0.05) is 0 Å². The van der Waals surface area contributed by atoms with Crippen molar-refractivity contribution in [1.82, 2.24) is 0 Å². The molecular weight excluding hydrogens is 352 g/mol. The molecule has 28 heavy (non-hydrogen) atoms. The highest BCUT2D eigenvalue weighted by Gasteiger charge is 2.24. The standard InChI is InChI=1S/C25H33F2N/c1-2-3-4-18-5-7-19(8-6-18)9-10-20-11-13-21(14-12-20)22-15-24(26)23(17-28)25(27)16-22/h9-10,15-16,18-21H,2-8,11-14H2,1H3/b10-9+/t18-,19-,20-,21-. The fourth-order valence-electron chi connectivity index (χ4n) is 5.06. The molecule has 3 rings (SSSR count). The van der Waals surface area contributed by atoms with Gasteiger partial charge in [0.25, 0.3) is 0 Å². The normalized spacial score (nSPS) is 28.4. The molecule has 152 valence electrons. The van der Waals surface area contributed by atoms with Crippen LogP contribution in [0.25, 0.3) is 0 Å². The number of unbranched alkanes of at least 4 members (excludes halogenated alkanes) is 1. The lowest BCUT2D eigenvalue weighted by molar-refractivity contribution is 0.289. The number of hydrogen-bond acceptors (Lipinski definition) is 1. The van der Waals surface area contributed by atoms with Gasteiger partial charge in [0.1, 0.15) is 23.3 Å². The van der Waals surface area contributed by atoms with Crippen LogP contribution < -0.4 is 0 Å². The Hall–Kier alpha value is -1.69. The molecule has 0 atom stereocenters. The summed E-state index contributed by atoms with van der Waals surface area (Å²) >= 11 is 0. The minimum absolute atomic E-state index is 0.204. The zero-order valence-corrected chi connectivity index (χ0v) is 17.1. The zero-order valence-electron chi connectivity index (χ0n) is 17.1. The minimum Gasteiger partial charge on any atom is -0.205 e. The van der Waals surface area contributed by atoms with Gasteiger partial charge in [-0.1, -0.05) is 38.3 Å². The number of nitrogens with zero attached hydrogens (tertiary/aromatic N) is 1. The van der Waals surface area contributed by atoms with Gasteiger partial charge in [0.2, 0.25) is 0 Å². The van der Waals surface area contributed by atoms with Gasteiger partial charge in [0.15, 0.2) is 0 Å². The van der Waals surface area contributed by atoms with Crippen LogP contribution in [0.15, 0.2) is 24.3 Å². The highest BCUT2D eigenvalue weighted by molar-refractivity contribution is 5.36. The fourth-order valence-corrected chi connectivity index (χ4v) is 5.06. The lowest BCUT2D eigenvalue weighted by atomic mass is 9.76. The number of halogens is 2. The van der Waals surface area contributed by atoms with E-state index in [-0.39, 0.29) is 5.92 Å². The van der Waals surface area contributed by atoms with E-state index in [9.17, 15) is 8.78 Å². The third-order valence-corrected chi connectivity index (χ3v) is 6.93. The zero-order chi connectivity index (χ0) is 19.9.